The molecule has 1 fully saturated rings. The van der Waals surface area contributed by atoms with Gasteiger partial charge >= 0.3 is 0 Å². The van der Waals surface area contributed by atoms with Gasteiger partial charge in [0.05, 0.1) is 22.0 Å². The van der Waals surface area contributed by atoms with Crippen LogP contribution in [0.3, 0.4) is 0 Å². The first kappa shape index (κ1) is 24.3. The second-order valence-electron chi connectivity index (χ2n) is 8.10. The van der Waals surface area contributed by atoms with E-state index in [1.807, 2.05) is 35.8 Å². The summed E-state index contributed by atoms with van der Waals surface area (Å²) in [7, 11) is -3.77. The Morgan fingerprint density at radius 2 is 2.09 bits per heavy atom. The highest BCUT2D eigenvalue weighted by atomic mass is 32.2. The highest BCUT2D eigenvalue weighted by molar-refractivity contribution is 7.89. The standard InChI is InChI=1S/C24H30N4O5S/c1-2-32-14-7-13-28-22-12-4-3-11-21(22)26-24(28)27-23(29)18-8-5-10-20(16-18)34(30,31)25-17-19-9-6-15-33-19/h3-5,8,10-12,16,19,25H,2,6-7,9,13-15,17H2,1H3,(H,26,27,29). The molecule has 0 radical (unpaired) electrons. The van der Waals surface area contributed by atoms with E-state index in [0.29, 0.717) is 32.3 Å². The van der Waals surface area contributed by atoms with E-state index in [0.717, 1.165) is 30.3 Å². The molecular weight excluding hydrogens is 456 g/mol. The number of ether oxygens (including phenoxy) is 2. The molecule has 1 saturated heterocycles. The van der Waals surface area contributed by atoms with E-state index in [-0.39, 0.29) is 23.1 Å². The van der Waals surface area contributed by atoms with Gasteiger partial charge in [-0.05, 0) is 56.5 Å². The lowest BCUT2D eigenvalue weighted by atomic mass is 10.2. The first-order chi connectivity index (χ1) is 16.5. The molecule has 182 valence electrons. The van der Waals surface area contributed by atoms with Crippen LogP contribution in [0.1, 0.15) is 36.5 Å². The van der Waals surface area contributed by atoms with Gasteiger partial charge in [0.2, 0.25) is 16.0 Å². The normalized spacial score (nSPS) is 16.2. The van der Waals surface area contributed by atoms with Gasteiger partial charge in [0.1, 0.15) is 0 Å². The van der Waals surface area contributed by atoms with Crippen molar-refractivity contribution < 1.29 is 22.7 Å². The van der Waals surface area contributed by atoms with Gasteiger partial charge in [-0.25, -0.2) is 18.1 Å². The molecule has 3 aromatic rings. The molecule has 4 rings (SSSR count). The smallest absolute Gasteiger partial charge is 0.258 e. The molecule has 0 aliphatic carbocycles. The molecule has 1 aliphatic heterocycles. The van der Waals surface area contributed by atoms with Crippen molar-refractivity contribution in [1.29, 1.82) is 0 Å². The van der Waals surface area contributed by atoms with Gasteiger partial charge in [0.15, 0.2) is 0 Å². The SMILES string of the molecule is CCOCCCn1c(NC(=O)c2cccc(S(=O)(=O)NCC3CCCO3)c2)nc2ccccc21. The lowest BCUT2D eigenvalue weighted by Gasteiger charge is -2.13. The minimum absolute atomic E-state index is 0.0309. The first-order valence-corrected chi connectivity index (χ1v) is 13.0. The van der Waals surface area contributed by atoms with Crippen molar-refractivity contribution >= 4 is 32.9 Å². The monoisotopic (exact) mass is 486 g/mol. The second kappa shape index (κ2) is 11.1. The molecule has 1 aromatic heterocycles. The van der Waals surface area contributed by atoms with Gasteiger partial charge in [0, 0.05) is 38.5 Å². The number of para-hydroxylation sites is 2. The minimum atomic E-state index is -3.77. The molecule has 1 unspecified atom stereocenters. The average molecular weight is 487 g/mol. The number of benzene rings is 2. The molecular formula is C24H30N4O5S. The van der Waals surface area contributed by atoms with Gasteiger partial charge in [-0.1, -0.05) is 18.2 Å². The molecule has 1 amide bonds. The van der Waals surface area contributed by atoms with Gasteiger partial charge in [-0.3, -0.25) is 10.1 Å². The van der Waals surface area contributed by atoms with Crippen LogP contribution in [0, 0.1) is 0 Å². The van der Waals surface area contributed by atoms with Crippen LogP contribution in [0.25, 0.3) is 11.0 Å². The van der Waals surface area contributed by atoms with E-state index in [1.54, 1.807) is 12.1 Å². The van der Waals surface area contributed by atoms with Crippen molar-refractivity contribution in [3.63, 3.8) is 0 Å². The lowest BCUT2D eigenvalue weighted by molar-refractivity contribution is 0.102. The molecule has 0 bridgehead atoms. The van der Waals surface area contributed by atoms with Gasteiger partial charge < -0.3 is 14.0 Å². The van der Waals surface area contributed by atoms with E-state index >= 15 is 0 Å². The quantitative estimate of drug-likeness (QED) is 0.403. The molecule has 34 heavy (non-hydrogen) atoms. The Balaban J connectivity index is 1.50. The summed E-state index contributed by atoms with van der Waals surface area (Å²) in [6.07, 6.45) is 2.41. The van der Waals surface area contributed by atoms with Crippen molar-refractivity contribution in [2.75, 3.05) is 31.7 Å². The Morgan fingerprint density at radius 1 is 1.24 bits per heavy atom. The Bertz CT molecular complexity index is 1240. The molecule has 0 spiro atoms. The predicted molar refractivity (Wildman–Crippen MR) is 129 cm³/mol. The van der Waals surface area contributed by atoms with Crippen LogP contribution in [0.5, 0.6) is 0 Å². The zero-order chi connectivity index (χ0) is 24.0. The molecule has 0 saturated carbocycles. The fourth-order valence-corrected chi connectivity index (χ4v) is 5.05. The summed E-state index contributed by atoms with van der Waals surface area (Å²) < 4.78 is 40.9. The van der Waals surface area contributed by atoms with Crippen LogP contribution in [-0.2, 0) is 26.0 Å². The number of carbonyl (C=O) groups is 1. The summed E-state index contributed by atoms with van der Waals surface area (Å²) in [5.74, 6) is -0.0231. The number of aryl methyl sites for hydroxylation is 1. The maximum absolute atomic E-state index is 13.0. The van der Waals surface area contributed by atoms with E-state index in [9.17, 15) is 13.2 Å². The van der Waals surface area contributed by atoms with Crippen LogP contribution < -0.4 is 10.0 Å². The average Bonchev–Trinajstić information content (AvgIpc) is 3.49. The van der Waals surface area contributed by atoms with E-state index in [4.69, 9.17) is 9.47 Å². The number of nitrogens with zero attached hydrogens (tertiary/aromatic N) is 2. The third-order valence-corrected chi connectivity index (χ3v) is 7.11. The first-order valence-electron chi connectivity index (χ1n) is 11.5. The molecule has 9 nitrogen and oxygen atoms in total. The number of nitrogens with one attached hydrogen (secondary N) is 2. The lowest BCUT2D eigenvalue weighted by Crippen LogP contribution is -2.32. The Hall–Kier alpha value is -2.79. The molecule has 1 aliphatic rings. The molecule has 2 N–H and O–H groups in total. The van der Waals surface area contributed by atoms with Crippen LogP contribution in [-0.4, -0.2) is 56.3 Å². The third kappa shape index (κ3) is 5.82. The zero-order valence-electron chi connectivity index (χ0n) is 19.2. The molecule has 2 aromatic carbocycles. The van der Waals surface area contributed by atoms with E-state index in [2.05, 4.69) is 15.0 Å². The van der Waals surface area contributed by atoms with Crippen molar-refractivity contribution in [2.45, 2.75) is 43.7 Å². The maximum Gasteiger partial charge on any atom is 0.258 e. The van der Waals surface area contributed by atoms with E-state index < -0.39 is 15.9 Å². The van der Waals surface area contributed by atoms with Gasteiger partial charge in [-0.15, -0.1) is 0 Å². The number of imidazole rings is 1. The van der Waals surface area contributed by atoms with Crippen molar-refractivity contribution in [3.8, 4) is 0 Å². The topological polar surface area (TPSA) is 112 Å². The number of hydrogen-bond donors (Lipinski definition) is 2. The fraction of sp³-hybridized carbons (Fsp3) is 0.417. The van der Waals surface area contributed by atoms with Crippen LogP contribution in [0.2, 0.25) is 0 Å². The minimum Gasteiger partial charge on any atom is -0.382 e. The number of rotatable bonds is 11. The number of aromatic nitrogens is 2. The number of hydrogen-bond acceptors (Lipinski definition) is 6. The maximum atomic E-state index is 13.0. The van der Waals surface area contributed by atoms with Crippen LogP contribution >= 0.6 is 0 Å². The number of carbonyl (C=O) groups excluding carboxylic acids is 1. The van der Waals surface area contributed by atoms with E-state index in [1.165, 1.54) is 12.1 Å². The zero-order valence-corrected chi connectivity index (χ0v) is 20.0. The highest BCUT2D eigenvalue weighted by Gasteiger charge is 2.22. The summed E-state index contributed by atoms with van der Waals surface area (Å²) >= 11 is 0. The summed E-state index contributed by atoms with van der Waals surface area (Å²) in [6, 6.07) is 13.6. The number of fused-ring (bicyclic) bond motifs is 1. The second-order valence-corrected chi connectivity index (χ2v) is 9.86. The summed E-state index contributed by atoms with van der Waals surface area (Å²) in [4.78, 5) is 17.6. The molecule has 1 atom stereocenters. The summed E-state index contributed by atoms with van der Waals surface area (Å²) in [5, 5.41) is 2.85. The Morgan fingerprint density at radius 3 is 2.88 bits per heavy atom. The third-order valence-electron chi connectivity index (χ3n) is 5.69. The number of anilines is 1. The predicted octanol–water partition coefficient (Wildman–Crippen LogP) is 3.17. The Kier molecular flexibility index (Phi) is 7.94. The highest BCUT2D eigenvalue weighted by Crippen LogP contribution is 2.21. The van der Waals surface area contributed by atoms with Crippen LogP contribution in [0.4, 0.5) is 5.95 Å². The fourth-order valence-electron chi connectivity index (χ4n) is 3.94. The van der Waals surface area contributed by atoms with Crippen molar-refractivity contribution in [3.05, 3.63) is 54.1 Å². The van der Waals surface area contributed by atoms with Crippen molar-refractivity contribution in [2.24, 2.45) is 0 Å². The van der Waals surface area contributed by atoms with Crippen LogP contribution in [0.15, 0.2) is 53.4 Å². The molecule has 10 heteroatoms. The Labute approximate surface area is 199 Å². The largest absolute Gasteiger partial charge is 0.382 e. The number of amides is 1. The van der Waals surface area contributed by atoms with Gasteiger partial charge in [0.25, 0.3) is 5.91 Å². The summed E-state index contributed by atoms with van der Waals surface area (Å²) in [5.41, 5.74) is 1.90. The van der Waals surface area contributed by atoms with Gasteiger partial charge in [-0.2, -0.15) is 0 Å². The van der Waals surface area contributed by atoms with Crippen molar-refractivity contribution in [1.82, 2.24) is 14.3 Å². The summed E-state index contributed by atoms with van der Waals surface area (Å²) in [6.45, 7) is 4.69. The molecule has 2 heterocycles. The number of sulfonamides is 1.